The third-order valence-electron chi connectivity index (χ3n) is 3.14. The SMILES string of the molecule is N#Cc1ccc([N+](=O)[O-])c(Nc2ccc3c(c2)OCCO3)c1. The standard InChI is InChI=1S/C15H11N3O4/c16-9-10-1-3-13(18(19)20)12(7-10)17-11-2-4-14-15(8-11)22-6-5-21-14/h1-4,7-8,17H,5-6H2. The van der Waals surface area contributed by atoms with Crippen molar-refractivity contribution >= 4 is 17.1 Å². The highest BCUT2D eigenvalue weighted by molar-refractivity contribution is 5.72. The first-order chi connectivity index (χ1) is 10.7. The van der Waals surface area contributed by atoms with E-state index in [0.717, 1.165) is 0 Å². The van der Waals surface area contributed by atoms with Crippen LogP contribution in [0.25, 0.3) is 0 Å². The van der Waals surface area contributed by atoms with Crippen LogP contribution < -0.4 is 14.8 Å². The Hall–Kier alpha value is -3.27. The minimum atomic E-state index is -0.499. The van der Waals surface area contributed by atoms with E-state index in [9.17, 15) is 10.1 Å². The molecule has 0 fully saturated rings. The molecular weight excluding hydrogens is 286 g/mol. The molecule has 0 amide bonds. The third kappa shape index (κ3) is 2.62. The van der Waals surface area contributed by atoms with E-state index in [2.05, 4.69) is 5.32 Å². The van der Waals surface area contributed by atoms with Crippen LogP contribution in [0.15, 0.2) is 36.4 Å². The number of anilines is 2. The summed E-state index contributed by atoms with van der Waals surface area (Å²) in [6.45, 7) is 0.954. The monoisotopic (exact) mass is 297 g/mol. The Morgan fingerprint density at radius 2 is 1.91 bits per heavy atom. The lowest BCUT2D eigenvalue weighted by Crippen LogP contribution is -2.15. The van der Waals surface area contributed by atoms with E-state index in [-0.39, 0.29) is 11.4 Å². The van der Waals surface area contributed by atoms with Crippen molar-refractivity contribution in [2.24, 2.45) is 0 Å². The Kier molecular flexibility index (Phi) is 3.50. The van der Waals surface area contributed by atoms with Crippen LogP contribution >= 0.6 is 0 Å². The third-order valence-corrected chi connectivity index (χ3v) is 3.14. The lowest BCUT2D eigenvalue weighted by Gasteiger charge is -2.19. The molecular formula is C15H11N3O4. The number of ether oxygens (including phenoxy) is 2. The first kappa shape index (κ1) is 13.7. The zero-order valence-electron chi connectivity index (χ0n) is 11.4. The molecule has 110 valence electrons. The molecule has 2 aromatic carbocycles. The number of hydrogen-bond acceptors (Lipinski definition) is 6. The number of hydrogen-bond donors (Lipinski definition) is 1. The Morgan fingerprint density at radius 1 is 1.14 bits per heavy atom. The molecule has 0 saturated heterocycles. The van der Waals surface area contributed by atoms with Gasteiger partial charge in [0.1, 0.15) is 18.9 Å². The highest BCUT2D eigenvalue weighted by Gasteiger charge is 2.16. The van der Waals surface area contributed by atoms with Gasteiger partial charge in [-0.1, -0.05) is 0 Å². The average Bonchev–Trinajstić information content (AvgIpc) is 2.54. The topological polar surface area (TPSA) is 97.4 Å². The predicted octanol–water partition coefficient (Wildman–Crippen LogP) is 2.98. The van der Waals surface area contributed by atoms with Crippen molar-refractivity contribution in [1.29, 1.82) is 5.26 Å². The number of nitro groups is 1. The molecule has 1 heterocycles. The molecule has 7 nitrogen and oxygen atoms in total. The second-order valence-corrected chi connectivity index (χ2v) is 4.58. The molecule has 0 aliphatic carbocycles. The molecule has 1 aliphatic rings. The lowest BCUT2D eigenvalue weighted by molar-refractivity contribution is -0.383. The minimum absolute atomic E-state index is 0.103. The van der Waals surface area contributed by atoms with E-state index < -0.39 is 4.92 Å². The molecule has 0 aromatic heterocycles. The number of nitro benzene ring substituents is 1. The van der Waals surface area contributed by atoms with Gasteiger partial charge in [0.25, 0.3) is 5.69 Å². The zero-order valence-corrected chi connectivity index (χ0v) is 11.4. The van der Waals surface area contributed by atoms with Gasteiger partial charge in [0, 0.05) is 17.8 Å². The van der Waals surface area contributed by atoms with Crippen molar-refractivity contribution in [3.8, 4) is 17.6 Å². The highest BCUT2D eigenvalue weighted by Crippen LogP contribution is 2.35. The first-order valence-electron chi connectivity index (χ1n) is 6.52. The van der Waals surface area contributed by atoms with E-state index in [0.29, 0.717) is 36.0 Å². The second kappa shape index (κ2) is 5.61. The van der Waals surface area contributed by atoms with Crippen molar-refractivity contribution in [3.05, 3.63) is 52.1 Å². The van der Waals surface area contributed by atoms with Crippen LogP contribution in [-0.2, 0) is 0 Å². The van der Waals surface area contributed by atoms with Crippen molar-refractivity contribution in [1.82, 2.24) is 0 Å². The molecule has 0 atom stereocenters. The second-order valence-electron chi connectivity index (χ2n) is 4.58. The van der Waals surface area contributed by atoms with Crippen LogP contribution in [0.3, 0.4) is 0 Å². The number of benzene rings is 2. The fraction of sp³-hybridized carbons (Fsp3) is 0.133. The van der Waals surface area contributed by atoms with E-state index in [1.54, 1.807) is 18.2 Å². The largest absolute Gasteiger partial charge is 0.486 e. The van der Waals surface area contributed by atoms with Crippen LogP contribution in [0, 0.1) is 21.4 Å². The molecule has 1 aliphatic heterocycles. The molecule has 22 heavy (non-hydrogen) atoms. The van der Waals surface area contributed by atoms with Gasteiger partial charge in [0.05, 0.1) is 16.6 Å². The number of nitrogens with zero attached hydrogens (tertiary/aromatic N) is 2. The molecule has 7 heteroatoms. The van der Waals surface area contributed by atoms with Crippen molar-refractivity contribution in [3.63, 3.8) is 0 Å². The maximum Gasteiger partial charge on any atom is 0.292 e. The van der Waals surface area contributed by atoms with Crippen molar-refractivity contribution in [2.75, 3.05) is 18.5 Å². The van der Waals surface area contributed by atoms with Crippen molar-refractivity contribution in [2.45, 2.75) is 0 Å². The van der Waals surface area contributed by atoms with Gasteiger partial charge in [-0.2, -0.15) is 5.26 Å². The molecule has 3 rings (SSSR count). The number of fused-ring (bicyclic) bond motifs is 1. The highest BCUT2D eigenvalue weighted by atomic mass is 16.6. The zero-order chi connectivity index (χ0) is 15.5. The number of nitriles is 1. The summed E-state index contributed by atoms with van der Waals surface area (Å²) in [4.78, 5) is 10.6. The number of nitrogens with one attached hydrogen (secondary N) is 1. The maximum absolute atomic E-state index is 11.1. The summed E-state index contributed by atoms with van der Waals surface area (Å²) in [5.41, 5.74) is 1.10. The van der Waals surface area contributed by atoms with Crippen LogP contribution in [0.1, 0.15) is 5.56 Å². The van der Waals surface area contributed by atoms with Gasteiger partial charge in [-0.25, -0.2) is 0 Å². The van der Waals surface area contributed by atoms with E-state index in [1.807, 2.05) is 6.07 Å². The first-order valence-corrected chi connectivity index (χ1v) is 6.52. The fourth-order valence-electron chi connectivity index (χ4n) is 2.14. The summed E-state index contributed by atoms with van der Waals surface area (Å²) in [5, 5.41) is 23.0. The number of rotatable bonds is 3. The summed E-state index contributed by atoms with van der Waals surface area (Å²) in [6.07, 6.45) is 0. The Bertz CT molecular complexity index is 783. The van der Waals surface area contributed by atoms with Crippen LogP contribution in [-0.4, -0.2) is 18.1 Å². The van der Waals surface area contributed by atoms with Crippen molar-refractivity contribution < 1.29 is 14.4 Å². The maximum atomic E-state index is 11.1. The fourth-order valence-corrected chi connectivity index (χ4v) is 2.14. The average molecular weight is 297 g/mol. The van der Waals surface area contributed by atoms with Crippen LogP contribution in [0.2, 0.25) is 0 Å². The smallest absolute Gasteiger partial charge is 0.292 e. The van der Waals surface area contributed by atoms with Gasteiger partial charge in [0.2, 0.25) is 0 Å². The Morgan fingerprint density at radius 3 is 2.64 bits per heavy atom. The van der Waals surface area contributed by atoms with Crippen LogP contribution in [0.4, 0.5) is 17.1 Å². The summed E-state index contributed by atoms with van der Waals surface area (Å²) < 4.78 is 10.9. The molecule has 0 saturated carbocycles. The van der Waals surface area contributed by atoms with Gasteiger partial charge in [0.15, 0.2) is 11.5 Å². The Labute approximate surface area is 125 Å². The van der Waals surface area contributed by atoms with Gasteiger partial charge in [-0.15, -0.1) is 0 Å². The minimum Gasteiger partial charge on any atom is -0.486 e. The van der Waals surface area contributed by atoms with E-state index in [1.165, 1.54) is 18.2 Å². The Balaban J connectivity index is 1.95. The van der Waals surface area contributed by atoms with E-state index >= 15 is 0 Å². The lowest BCUT2D eigenvalue weighted by atomic mass is 10.1. The molecule has 2 aromatic rings. The quantitative estimate of drug-likeness (QED) is 0.691. The predicted molar refractivity (Wildman–Crippen MR) is 78.5 cm³/mol. The summed E-state index contributed by atoms with van der Waals surface area (Å²) in [5.74, 6) is 1.22. The van der Waals surface area contributed by atoms with E-state index in [4.69, 9.17) is 14.7 Å². The molecule has 0 bridgehead atoms. The molecule has 0 radical (unpaired) electrons. The van der Waals surface area contributed by atoms with Gasteiger partial charge in [-0.05, 0) is 24.3 Å². The van der Waals surface area contributed by atoms with Crippen LogP contribution in [0.5, 0.6) is 11.5 Å². The normalized spacial score (nSPS) is 12.3. The van der Waals surface area contributed by atoms with Gasteiger partial charge in [-0.3, -0.25) is 10.1 Å². The van der Waals surface area contributed by atoms with Gasteiger partial charge < -0.3 is 14.8 Å². The molecule has 0 unspecified atom stereocenters. The molecule has 0 spiro atoms. The summed E-state index contributed by atoms with van der Waals surface area (Å²) in [6, 6.07) is 11.3. The summed E-state index contributed by atoms with van der Waals surface area (Å²) >= 11 is 0. The molecule has 1 N–H and O–H groups in total. The summed E-state index contributed by atoms with van der Waals surface area (Å²) in [7, 11) is 0. The van der Waals surface area contributed by atoms with Gasteiger partial charge >= 0.3 is 0 Å².